The summed E-state index contributed by atoms with van der Waals surface area (Å²) in [6.45, 7) is 2.72. The van der Waals surface area contributed by atoms with Gasteiger partial charge in [-0.15, -0.1) is 0 Å². The first-order chi connectivity index (χ1) is 34.1. The molecule has 2 aliphatic rings. The van der Waals surface area contributed by atoms with E-state index in [0.717, 1.165) is 38.5 Å². The molecule has 1 amide bonds. The van der Waals surface area contributed by atoms with Crippen LogP contribution in [0.4, 0.5) is 0 Å². The number of aliphatic hydroxyl groups excluding tert-OH is 8. The van der Waals surface area contributed by atoms with Crippen molar-refractivity contribution in [1.82, 2.24) is 5.32 Å². The van der Waals surface area contributed by atoms with E-state index in [0.29, 0.717) is 12.8 Å². The van der Waals surface area contributed by atoms with Gasteiger partial charge < -0.3 is 65.1 Å². The van der Waals surface area contributed by atoms with Gasteiger partial charge in [-0.1, -0.05) is 192 Å². The highest BCUT2D eigenvalue weighted by Gasteiger charge is 2.51. The zero-order valence-electron chi connectivity index (χ0n) is 43.8. The molecule has 12 unspecified atom stereocenters. The summed E-state index contributed by atoms with van der Waals surface area (Å²) in [7, 11) is 0. The van der Waals surface area contributed by atoms with Crippen LogP contribution >= 0.6 is 0 Å². The molecule has 0 aromatic carbocycles. The second-order valence-corrected chi connectivity index (χ2v) is 20.1. The summed E-state index contributed by atoms with van der Waals surface area (Å²) >= 11 is 0. The van der Waals surface area contributed by atoms with Gasteiger partial charge in [0.25, 0.3) is 0 Å². The van der Waals surface area contributed by atoms with Gasteiger partial charge in [-0.2, -0.15) is 0 Å². The number of allylic oxidation sites excluding steroid dienone is 5. The molecule has 2 saturated heterocycles. The van der Waals surface area contributed by atoms with Gasteiger partial charge in [-0.05, 0) is 57.8 Å². The van der Waals surface area contributed by atoms with E-state index in [4.69, 9.17) is 18.9 Å². The predicted octanol–water partition coefficient (Wildman–Crippen LogP) is 8.66. The molecule has 14 heteroatoms. The van der Waals surface area contributed by atoms with Gasteiger partial charge in [0.05, 0.1) is 32.0 Å². The van der Waals surface area contributed by atoms with Gasteiger partial charge in [-0.3, -0.25) is 4.79 Å². The van der Waals surface area contributed by atoms with Gasteiger partial charge in [0.2, 0.25) is 5.91 Å². The maximum Gasteiger partial charge on any atom is 0.220 e. The van der Waals surface area contributed by atoms with Crippen molar-refractivity contribution < 1.29 is 64.6 Å². The Morgan fingerprint density at radius 3 is 1.43 bits per heavy atom. The molecule has 0 aromatic heterocycles. The Labute approximate surface area is 423 Å². The Bertz CT molecular complexity index is 1320. The summed E-state index contributed by atoms with van der Waals surface area (Å²) in [6.07, 6.45) is 33.7. The first-order valence-corrected chi connectivity index (χ1v) is 28.2. The Morgan fingerprint density at radius 1 is 0.500 bits per heavy atom. The van der Waals surface area contributed by atoms with Crippen LogP contribution in [-0.4, -0.2) is 140 Å². The van der Waals surface area contributed by atoms with E-state index < -0.39 is 86.8 Å². The standard InChI is InChI=1S/C56H103NO13/c1-3-5-7-9-11-13-14-15-16-17-18-19-20-21-22-23-24-25-26-27-28-29-30-32-34-36-38-40-48(61)57-44(45(60)39-37-35-33-31-12-10-8-6-4-2)43-67-55-53(66)51(64)54(47(42-59)69-55)70-56-52(65)50(63)49(62)46(41-58)68-56/h12,17-18,31,37,39,44-47,49-56,58-60,62-66H,3-11,13-16,19-30,32-36,38,40-43H2,1-2H3,(H,57,61)/b18-17-,31-12+,39-37+. The molecule has 0 aliphatic carbocycles. The lowest BCUT2D eigenvalue weighted by atomic mass is 9.97. The van der Waals surface area contributed by atoms with E-state index in [-0.39, 0.29) is 18.9 Å². The zero-order valence-corrected chi connectivity index (χ0v) is 43.8. The van der Waals surface area contributed by atoms with Crippen LogP contribution < -0.4 is 5.32 Å². The van der Waals surface area contributed by atoms with Gasteiger partial charge >= 0.3 is 0 Å². The summed E-state index contributed by atoms with van der Waals surface area (Å²) in [5.41, 5.74) is 0. The van der Waals surface area contributed by atoms with Crippen molar-refractivity contribution >= 4 is 5.91 Å². The molecule has 2 rings (SSSR count). The molecule has 2 fully saturated rings. The van der Waals surface area contributed by atoms with E-state index in [1.54, 1.807) is 6.08 Å². The van der Waals surface area contributed by atoms with Crippen LogP contribution in [0.5, 0.6) is 0 Å². The molecule has 0 aromatic rings. The molecule has 70 heavy (non-hydrogen) atoms. The maximum atomic E-state index is 13.2. The fourth-order valence-corrected chi connectivity index (χ4v) is 9.18. The predicted molar refractivity (Wildman–Crippen MR) is 277 cm³/mol. The smallest absolute Gasteiger partial charge is 0.220 e. The van der Waals surface area contributed by atoms with Crippen molar-refractivity contribution in [2.45, 2.75) is 293 Å². The number of carbonyl (C=O) groups is 1. The van der Waals surface area contributed by atoms with E-state index in [2.05, 4.69) is 43.5 Å². The highest BCUT2D eigenvalue weighted by Crippen LogP contribution is 2.30. The number of ether oxygens (including phenoxy) is 4. The van der Waals surface area contributed by atoms with Crippen LogP contribution in [0.3, 0.4) is 0 Å². The Hall–Kier alpha value is -1.79. The molecule has 0 radical (unpaired) electrons. The van der Waals surface area contributed by atoms with Gasteiger partial charge in [-0.25, -0.2) is 0 Å². The van der Waals surface area contributed by atoms with Gasteiger partial charge in [0.1, 0.15) is 48.8 Å². The average Bonchev–Trinajstić information content (AvgIpc) is 3.36. The number of hydrogen-bond donors (Lipinski definition) is 9. The third-order valence-electron chi connectivity index (χ3n) is 13.8. The molecule has 2 aliphatic heterocycles. The normalized spacial score (nSPS) is 26.2. The number of rotatable bonds is 44. The first-order valence-electron chi connectivity index (χ1n) is 28.2. The van der Waals surface area contributed by atoms with Crippen molar-refractivity contribution in [3.63, 3.8) is 0 Å². The lowest BCUT2D eigenvalue weighted by Gasteiger charge is -2.46. The summed E-state index contributed by atoms with van der Waals surface area (Å²) < 4.78 is 22.7. The summed E-state index contributed by atoms with van der Waals surface area (Å²) in [5, 5.41) is 86.6. The molecule has 410 valence electrons. The molecule has 14 nitrogen and oxygen atoms in total. The number of amides is 1. The van der Waals surface area contributed by atoms with Gasteiger partial charge in [0.15, 0.2) is 12.6 Å². The zero-order chi connectivity index (χ0) is 51.0. The van der Waals surface area contributed by atoms with Crippen LogP contribution in [0.2, 0.25) is 0 Å². The van der Waals surface area contributed by atoms with Crippen molar-refractivity contribution in [3.8, 4) is 0 Å². The largest absolute Gasteiger partial charge is 0.394 e. The Balaban J connectivity index is 1.67. The number of unbranched alkanes of at least 4 members (excludes halogenated alkanes) is 27. The SMILES string of the molecule is CCCCC/C=C/CC/C=C/C(O)C(COC1OC(CO)C(OC2OC(CO)C(O)C(O)C2O)C(O)C1O)NC(=O)CCCCCCCCCCCCCCCCC/C=C\CCCCCCCCCC. The minimum absolute atomic E-state index is 0.251. The summed E-state index contributed by atoms with van der Waals surface area (Å²) in [4.78, 5) is 13.2. The third kappa shape index (κ3) is 28.6. The number of carbonyl (C=O) groups excluding carboxylic acids is 1. The first kappa shape index (κ1) is 64.3. The molecule has 12 atom stereocenters. The van der Waals surface area contributed by atoms with Gasteiger partial charge in [0, 0.05) is 6.42 Å². The monoisotopic (exact) mass is 998 g/mol. The van der Waals surface area contributed by atoms with E-state index in [1.807, 2.05) is 6.08 Å². The summed E-state index contributed by atoms with van der Waals surface area (Å²) in [5.74, 6) is -0.251. The number of aliphatic hydroxyl groups is 8. The fourth-order valence-electron chi connectivity index (χ4n) is 9.18. The molecule has 0 saturated carbocycles. The second-order valence-electron chi connectivity index (χ2n) is 20.1. The van der Waals surface area contributed by atoms with E-state index in [9.17, 15) is 45.6 Å². The highest BCUT2D eigenvalue weighted by molar-refractivity contribution is 5.76. The van der Waals surface area contributed by atoms with Crippen molar-refractivity contribution in [1.29, 1.82) is 0 Å². The van der Waals surface area contributed by atoms with E-state index >= 15 is 0 Å². The quantitative estimate of drug-likeness (QED) is 0.0206. The molecular weight excluding hydrogens is 895 g/mol. The lowest BCUT2D eigenvalue weighted by molar-refractivity contribution is -0.359. The van der Waals surface area contributed by atoms with Crippen LogP contribution in [0, 0.1) is 0 Å². The Kier molecular flexibility index (Phi) is 39.1. The Morgan fingerprint density at radius 2 is 0.914 bits per heavy atom. The van der Waals surface area contributed by atoms with Crippen molar-refractivity contribution in [2.24, 2.45) is 0 Å². The minimum Gasteiger partial charge on any atom is -0.394 e. The average molecular weight is 998 g/mol. The number of nitrogens with one attached hydrogen (secondary N) is 1. The number of hydrogen-bond acceptors (Lipinski definition) is 13. The molecule has 2 heterocycles. The maximum absolute atomic E-state index is 13.2. The molecule has 0 spiro atoms. The highest BCUT2D eigenvalue weighted by atomic mass is 16.7. The van der Waals surface area contributed by atoms with Crippen LogP contribution in [-0.2, 0) is 23.7 Å². The molecule has 9 N–H and O–H groups in total. The van der Waals surface area contributed by atoms with Crippen molar-refractivity contribution in [3.05, 3.63) is 36.5 Å². The second kappa shape index (κ2) is 42.6. The van der Waals surface area contributed by atoms with Crippen molar-refractivity contribution in [2.75, 3.05) is 19.8 Å². The fraction of sp³-hybridized carbons (Fsp3) is 0.875. The van der Waals surface area contributed by atoms with Crippen LogP contribution in [0.15, 0.2) is 36.5 Å². The molecular formula is C56H103NO13. The van der Waals surface area contributed by atoms with Crippen LogP contribution in [0.1, 0.15) is 219 Å². The van der Waals surface area contributed by atoms with Crippen LogP contribution in [0.25, 0.3) is 0 Å². The van der Waals surface area contributed by atoms with E-state index in [1.165, 1.54) is 148 Å². The topological polar surface area (TPSA) is 228 Å². The summed E-state index contributed by atoms with van der Waals surface area (Å²) in [6, 6.07) is -0.927. The minimum atomic E-state index is -1.79. The third-order valence-corrected chi connectivity index (χ3v) is 13.8. The molecule has 0 bridgehead atoms. The lowest BCUT2D eigenvalue weighted by Crippen LogP contribution is -2.65.